The van der Waals surface area contributed by atoms with Gasteiger partial charge in [0, 0.05) is 25.3 Å². The maximum Gasteiger partial charge on any atom is 0.306 e. The number of nitrogens with zero attached hydrogens (tertiary/aromatic N) is 1. The van der Waals surface area contributed by atoms with Crippen LogP contribution in [0.25, 0.3) is 0 Å². The third-order valence-corrected chi connectivity index (χ3v) is 13.7. The van der Waals surface area contributed by atoms with Crippen molar-refractivity contribution in [1.29, 1.82) is 0 Å². The summed E-state index contributed by atoms with van der Waals surface area (Å²) in [5.74, 6) is 0.0743. The molecular formula is C59H118N2O5. The lowest BCUT2D eigenvalue weighted by Crippen LogP contribution is -2.33. The van der Waals surface area contributed by atoms with E-state index >= 15 is 0 Å². The Morgan fingerprint density at radius 1 is 0.424 bits per heavy atom. The molecule has 0 amide bonds. The van der Waals surface area contributed by atoms with Gasteiger partial charge in [-0.15, -0.1) is 0 Å². The largest absolute Gasteiger partial charge is 0.462 e. The van der Waals surface area contributed by atoms with Crippen molar-refractivity contribution in [3.63, 3.8) is 0 Å². The molecule has 0 aromatic rings. The molecule has 0 aromatic heterocycles. The Balaban J connectivity index is 0. The van der Waals surface area contributed by atoms with Crippen molar-refractivity contribution >= 4 is 18.2 Å². The van der Waals surface area contributed by atoms with Gasteiger partial charge in [0.05, 0.1) is 0 Å². The quantitative estimate of drug-likeness (QED) is 0.0369. The summed E-state index contributed by atoms with van der Waals surface area (Å²) in [6.07, 6.45) is 53.1. The molecule has 0 aliphatic carbocycles. The number of hydrogen-bond acceptors (Lipinski definition) is 7. The van der Waals surface area contributed by atoms with Gasteiger partial charge < -0.3 is 24.5 Å². The van der Waals surface area contributed by atoms with Crippen molar-refractivity contribution < 1.29 is 23.9 Å². The topological polar surface area (TPSA) is 84.9 Å². The van der Waals surface area contributed by atoms with Gasteiger partial charge in [0.15, 0.2) is 0 Å². The van der Waals surface area contributed by atoms with Gasteiger partial charge in [-0.3, -0.25) is 9.59 Å². The smallest absolute Gasteiger partial charge is 0.306 e. The van der Waals surface area contributed by atoms with Gasteiger partial charge in [-0.25, -0.2) is 0 Å². The molecule has 7 heteroatoms. The van der Waals surface area contributed by atoms with Gasteiger partial charge in [0.25, 0.3) is 0 Å². The van der Waals surface area contributed by atoms with E-state index in [9.17, 15) is 14.4 Å². The summed E-state index contributed by atoms with van der Waals surface area (Å²) < 4.78 is 12.0. The first-order chi connectivity index (χ1) is 32.3. The molecule has 0 aliphatic rings. The summed E-state index contributed by atoms with van der Waals surface area (Å²) in [4.78, 5) is 37.8. The third kappa shape index (κ3) is 50.4. The van der Waals surface area contributed by atoms with Crippen LogP contribution in [0.15, 0.2) is 0 Å². The Morgan fingerprint density at radius 2 is 0.727 bits per heavy atom. The van der Waals surface area contributed by atoms with Crippen LogP contribution in [0, 0.1) is 0 Å². The van der Waals surface area contributed by atoms with E-state index in [0.29, 0.717) is 18.9 Å². The van der Waals surface area contributed by atoms with Crippen molar-refractivity contribution in [3.8, 4) is 0 Å². The van der Waals surface area contributed by atoms with Crippen LogP contribution in [0.5, 0.6) is 0 Å². The van der Waals surface area contributed by atoms with Crippen LogP contribution < -0.4 is 5.32 Å². The molecule has 0 aromatic carbocycles. The summed E-state index contributed by atoms with van der Waals surface area (Å²) in [7, 11) is 4.38. The number of unbranched alkanes of at least 4 members (excludes halogenated alkanes) is 28. The maximum absolute atomic E-state index is 12.7. The van der Waals surface area contributed by atoms with Crippen LogP contribution in [0.4, 0.5) is 0 Å². The average Bonchev–Trinajstić information content (AvgIpc) is 3.31. The van der Waals surface area contributed by atoms with Gasteiger partial charge in [-0.05, 0) is 117 Å². The lowest BCUT2D eigenvalue weighted by atomic mass is 9.98. The first-order valence-electron chi connectivity index (χ1n) is 29.5. The SMILES string of the molecule is CCCCCCC(CCCCCC)OC(=O)CCCCCCCCC(CCCCCCCCC(=O)OC(CCCCCC)CCCCCC)N(C)CCCNC.CCCCCCCCC=O. The fraction of sp³-hybridized carbons (Fsp3) is 0.949. The second-order valence-electron chi connectivity index (χ2n) is 20.3. The lowest BCUT2D eigenvalue weighted by molar-refractivity contribution is -0.151. The van der Waals surface area contributed by atoms with Crippen molar-refractivity contribution in [2.75, 3.05) is 27.2 Å². The predicted molar refractivity (Wildman–Crippen MR) is 288 cm³/mol. The monoisotopic (exact) mass is 935 g/mol. The molecule has 1 N–H and O–H groups in total. The minimum absolute atomic E-state index is 0.0372. The Labute approximate surface area is 413 Å². The highest BCUT2D eigenvalue weighted by Crippen LogP contribution is 2.21. The Bertz CT molecular complexity index is 896. The fourth-order valence-corrected chi connectivity index (χ4v) is 9.20. The van der Waals surface area contributed by atoms with Crippen LogP contribution in [-0.4, -0.2) is 68.6 Å². The Kier molecular flexibility index (Phi) is 56.6. The van der Waals surface area contributed by atoms with E-state index in [2.05, 4.69) is 51.9 Å². The van der Waals surface area contributed by atoms with E-state index in [1.807, 2.05) is 7.05 Å². The van der Waals surface area contributed by atoms with Gasteiger partial charge in [0.1, 0.15) is 18.5 Å². The summed E-state index contributed by atoms with van der Waals surface area (Å²) in [6.45, 7) is 13.5. The van der Waals surface area contributed by atoms with Crippen LogP contribution >= 0.6 is 0 Å². The molecule has 0 spiro atoms. The number of aldehydes is 1. The van der Waals surface area contributed by atoms with E-state index in [4.69, 9.17) is 9.47 Å². The fourth-order valence-electron chi connectivity index (χ4n) is 9.20. The zero-order valence-electron chi connectivity index (χ0n) is 45.8. The van der Waals surface area contributed by atoms with Crippen LogP contribution in [-0.2, 0) is 23.9 Å². The molecule has 0 atom stereocenters. The molecule has 0 unspecified atom stereocenters. The minimum Gasteiger partial charge on any atom is -0.462 e. The van der Waals surface area contributed by atoms with Crippen LogP contribution in [0.3, 0.4) is 0 Å². The van der Waals surface area contributed by atoms with Gasteiger partial charge >= 0.3 is 11.9 Å². The molecule has 0 radical (unpaired) electrons. The molecule has 0 saturated heterocycles. The highest BCUT2D eigenvalue weighted by molar-refractivity contribution is 5.69. The standard InChI is InChI=1S/C50H100N2O4.C9H18O/c1-7-11-15-29-38-47(39-30-16-12-8-2)55-49(53)42-33-25-21-19-23-27-36-46(52(6)45-35-44-51-5)37-28-24-20-22-26-34-43-50(54)56-48(40-31-17-13-9-3)41-32-18-14-10-4;1-2-3-4-5-6-7-8-9-10/h46-48,51H,7-45H2,1-6H3;9H,2-8H2,1H3. The van der Waals surface area contributed by atoms with Crippen molar-refractivity contribution in [3.05, 3.63) is 0 Å². The molecule has 0 saturated carbocycles. The molecule has 0 aliphatic heterocycles. The van der Waals surface area contributed by atoms with E-state index in [1.165, 1.54) is 205 Å². The van der Waals surface area contributed by atoms with E-state index in [-0.39, 0.29) is 24.1 Å². The zero-order chi connectivity index (χ0) is 48.8. The molecule has 0 heterocycles. The number of esters is 2. The number of nitrogens with one attached hydrogen (secondary N) is 1. The lowest BCUT2D eigenvalue weighted by Gasteiger charge is -2.28. The molecule has 0 fully saturated rings. The first kappa shape index (κ1) is 66.6. The summed E-state index contributed by atoms with van der Waals surface area (Å²) in [5, 5.41) is 3.31. The Hall–Kier alpha value is -1.47. The highest BCUT2D eigenvalue weighted by Gasteiger charge is 2.17. The molecule has 66 heavy (non-hydrogen) atoms. The number of carbonyl (C=O) groups excluding carboxylic acids is 3. The summed E-state index contributed by atoms with van der Waals surface area (Å²) in [5.41, 5.74) is 0. The van der Waals surface area contributed by atoms with Gasteiger partial charge in [-0.2, -0.15) is 0 Å². The number of hydrogen-bond donors (Lipinski definition) is 1. The van der Waals surface area contributed by atoms with Gasteiger partial charge in [-0.1, -0.05) is 208 Å². The first-order valence-corrected chi connectivity index (χ1v) is 29.5. The van der Waals surface area contributed by atoms with E-state index in [1.54, 1.807) is 0 Å². The highest BCUT2D eigenvalue weighted by atomic mass is 16.5. The number of rotatable bonds is 52. The van der Waals surface area contributed by atoms with E-state index in [0.717, 1.165) is 83.6 Å². The molecule has 0 bridgehead atoms. The van der Waals surface area contributed by atoms with Crippen molar-refractivity contribution in [2.45, 2.75) is 335 Å². The summed E-state index contributed by atoms with van der Waals surface area (Å²) in [6, 6.07) is 0.671. The van der Waals surface area contributed by atoms with Crippen molar-refractivity contribution in [2.24, 2.45) is 0 Å². The van der Waals surface area contributed by atoms with Crippen LogP contribution in [0.2, 0.25) is 0 Å². The number of ether oxygens (including phenoxy) is 2. The molecule has 0 rings (SSSR count). The van der Waals surface area contributed by atoms with Crippen LogP contribution in [0.1, 0.15) is 317 Å². The molecule has 394 valence electrons. The molecule has 7 nitrogen and oxygen atoms in total. The normalized spacial score (nSPS) is 11.5. The second kappa shape index (κ2) is 56.1. The average molecular weight is 936 g/mol. The zero-order valence-corrected chi connectivity index (χ0v) is 45.8. The third-order valence-electron chi connectivity index (χ3n) is 13.7. The van der Waals surface area contributed by atoms with Crippen molar-refractivity contribution in [1.82, 2.24) is 10.2 Å². The predicted octanol–water partition coefficient (Wildman–Crippen LogP) is 17.8. The minimum atomic E-state index is 0.0372. The number of carbonyl (C=O) groups is 3. The Morgan fingerprint density at radius 3 is 1.08 bits per heavy atom. The second-order valence-corrected chi connectivity index (χ2v) is 20.3. The maximum atomic E-state index is 12.7. The van der Waals surface area contributed by atoms with E-state index < -0.39 is 0 Å². The summed E-state index contributed by atoms with van der Waals surface area (Å²) >= 11 is 0. The van der Waals surface area contributed by atoms with Gasteiger partial charge in [0.2, 0.25) is 0 Å². The molecular weight excluding hydrogens is 817 g/mol.